The first kappa shape index (κ1) is 12.0. The van der Waals surface area contributed by atoms with Crippen molar-refractivity contribution in [3.63, 3.8) is 0 Å². The number of hydrogen-bond acceptors (Lipinski definition) is 5. The van der Waals surface area contributed by atoms with Gasteiger partial charge >= 0.3 is 0 Å². The van der Waals surface area contributed by atoms with Gasteiger partial charge in [0.1, 0.15) is 5.75 Å². The van der Waals surface area contributed by atoms with Gasteiger partial charge in [-0.3, -0.25) is 10.8 Å². The van der Waals surface area contributed by atoms with Crippen LogP contribution >= 0.6 is 11.3 Å². The monoisotopic (exact) mass is 249 g/mol. The van der Waals surface area contributed by atoms with E-state index in [4.69, 9.17) is 10.6 Å². The fourth-order valence-corrected chi connectivity index (χ4v) is 2.62. The van der Waals surface area contributed by atoms with Gasteiger partial charge in [0, 0.05) is 16.0 Å². The minimum atomic E-state index is -0.0451. The predicted molar refractivity (Wildman–Crippen MR) is 69.0 cm³/mol. The first-order valence-corrected chi connectivity index (χ1v) is 6.07. The van der Waals surface area contributed by atoms with Crippen LogP contribution in [0.1, 0.15) is 21.4 Å². The molecular formula is C12H15N3OS. The topological polar surface area (TPSA) is 60.2 Å². The molecule has 3 N–H and O–H groups in total. The minimum Gasteiger partial charge on any atom is -0.495 e. The first-order valence-electron chi connectivity index (χ1n) is 5.26. The Morgan fingerprint density at radius 2 is 2.24 bits per heavy atom. The molecular weight excluding hydrogens is 234 g/mol. The van der Waals surface area contributed by atoms with Crippen molar-refractivity contribution in [2.75, 3.05) is 7.11 Å². The number of pyridine rings is 1. The van der Waals surface area contributed by atoms with Crippen molar-refractivity contribution in [3.8, 4) is 5.75 Å². The van der Waals surface area contributed by atoms with Crippen LogP contribution in [0.2, 0.25) is 0 Å². The number of ether oxygens (including phenoxy) is 1. The number of methoxy groups -OCH3 is 1. The van der Waals surface area contributed by atoms with E-state index in [1.165, 1.54) is 9.75 Å². The minimum absolute atomic E-state index is 0.0451. The second-order valence-corrected chi connectivity index (χ2v) is 5.03. The molecule has 0 aliphatic heterocycles. The van der Waals surface area contributed by atoms with E-state index >= 15 is 0 Å². The number of aryl methyl sites for hydroxylation is 1. The van der Waals surface area contributed by atoms with E-state index in [2.05, 4.69) is 29.5 Å². The Labute approximate surface area is 104 Å². The van der Waals surface area contributed by atoms with Crippen LogP contribution in [-0.4, -0.2) is 12.1 Å². The predicted octanol–water partition coefficient (Wildman–Crippen LogP) is 2.01. The van der Waals surface area contributed by atoms with E-state index in [1.807, 2.05) is 6.07 Å². The molecule has 2 aromatic heterocycles. The molecule has 1 atom stereocenters. The number of nitrogens with zero attached hydrogens (tertiary/aromatic N) is 1. The van der Waals surface area contributed by atoms with Crippen molar-refractivity contribution in [1.29, 1.82) is 0 Å². The maximum absolute atomic E-state index is 5.63. The first-order chi connectivity index (χ1) is 8.24. The highest BCUT2D eigenvalue weighted by atomic mass is 32.1. The van der Waals surface area contributed by atoms with E-state index < -0.39 is 0 Å². The maximum Gasteiger partial charge on any atom is 0.137 e. The molecule has 0 aliphatic carbocycles. The summed E-state index contributed by atoms with van der Waals surface area (Å²) in [6, 6.07) is 6.05. The highest BCUT2D eigenvalue weighted by Crippen LogP contribution is 2.28. The third-order valence-electron chi connectivity index (χ3n) is 2.52. The molecule has 5 heteroatoms. The van der Waals surface area contributed by atoms with Crippen LogP contribution in [0.3, 0.4) is 0 Å². The van der Waals surface area contributed by atoms with Crippen molar-refractivity contribution in [2.45, 2.75) is 13.0 Å². The van der Waals surface area contributed by atoms with Crippen LogP contribution in [0.25, 0.3) is 0 Å². The summed E-state index contributed by atoms with van der Waals surface area (Å²) < 4.78 is 5.16. The Balaban J connectivity index is 2.34. The Kier molecular flexibility index (Phi) is 3.73. The number of nitrogens with two attached hydrogens (primary N) is 1. The SMILES string of the molecule is COc1cncc(C(NN)c2ccc(C)s2)c1. The smallest absolute Gasteiger partial charge is 0.137 e. The fourth-order valence-electron chi connectivity index (χ4n) is 1.66. The van der Waals surface area contributed by atoms with Crippen molar-refractivity contribution < 1.29 is 4.74 Å². The molecule has 0 radical (unpaired) electrons. The van der Waals surface area contributed by atoms with Crippen LogP contribution in [0.15, 0.2) is 30.6 Å². The molecule has 0 aromatic carbocycles. The Bertz CT molecular complexity index is 498. The second kappa shape index (κ2) is 5.27. The number of nitrogens with one attached hydrogen (secondary N) is 1. The van der Waals surface area contributed by atoms with Crippen LogP contribution in [-0.2, 0) is 0 Å². The van der Waals surface area contributed by atoms with Gasteiger partial charge in [-0.2, -0.15) is 0 Å². The highest BCUT2D eigenvalue weighted by molar-refractivity contribution is 7.12. The summed E-state index contributed by atoms with van der Waals surface area (Å²) >= 11 is 1.72. The molecule has 1 unspecified atom stereocenters. The lowest BCUT2D eigenvalue weighted by molar-refractivity contribution is 0.411. The average Bonchev–Trinajstić information content (AvgIpc) is 2.77. The fraction of sp³-hybridized carbons (Fsp3) is 0.250. The van der Waals surface area contributed by atoms with Gasteiger partial charge in [0.05, 0.1) is 19.3 Å². The zero-order valence-electron chi connectivity index (χ0n) is 9.81. The lowest BCUT2D eigenvalue weighted by Crippen LogP contribution is -2.28. The Hall–Kier alpha value is -1.43. The molecule has 0 spiro atoms. The van der Waals surface area contributed by atoms with Gasteiger partial charge in [0.15, 0.2) is 0 Å². The summed E-state index contributed by atoms with van der Waals surface area (Å²) in [5, 5.41) is 0. The zero-order chi connectivity index (χ0) is 12.3. The van der Waals surface area contributed by atoms with Gasteiger partial charge < -0.3 is 4.74 Å². The van der Waals surface area contributed by atoms with Gasteiger partial charge in [0.2, 0.25) is 0 Å². The summed E-state index contributed by atoms with van der Waals surface area (Å²) in [4.78, 5) is 6.57. The van der Waals surface area contributed by atoms with Gasteiger partial charge in [-0.25, -0.2) is 5.43 Å². The van der Waals surface area contributed by atoms with Crippen molar-refractivity contribution >= 4 is 11.3 Å². The standard InChI is InChI=1S/C12H15N3OS/c1-8-3-4-11(17-8)12(15-13)9-5-10(16-2)7-14-6-9/h3-7,12,15H,13H2,1-2H3. The normalized spacial score (nSPS) is 12.4. The molecule has 2 aromatic rings. The summed E-state index contributed by atoms with van der Waals surface area (Å²) in [7, 11) is 1.63. The summed E-state index contributed by atoms with van der Waals surface area (Å²) in [6.07, 6.45) is 3.47. The molecule has 0 amide bonds. The Morgan fingerprint density at radius 3 is 2.82 bits per heavy atom. The summed E-state index contributed by atoms with van der Waals surface area (Å²) in [5.74, 6) is 6.36. The number of thiophene rings is 1. The molecule has 0 aliphatic rings. The lowest BCUT2D eigenvalue weighted by Gasteiger charge is -2.14. The molecule has 0 fully saturated rings. The molecule has 4 nitrogen and oxygen atoms in total. The molecule has 90 valence electrons. The molecule has 2 heterocycles. The van der Waals surface area contributed by atoms with Gasteiger partial charge in [-0.05, 0) is 30.7 Å². The number of aromatic nitrogens is 1. The molecule has 17 heavy (non-hydrogen) atoms. The molecule has 2 rings (SSSR count). The third kappa shape index (κ3) is 2.63. The molecule has 0 bridgehead atoms. The second-order valence-electron chi connectivity index (χ2n) is 3.71. The zero-order valence-corrected chi connectivity index (χ0v) is 10.6. The summed E-state index contributed by atoms with van der Waals surface area (Å²) in [5.41, 5.74) is 3.81. The largest absolute Gasteiger partial charge is 0.495 e. The highest BCUT2D eigenvalue weighted by Gasteiger charge is 2.15. The number of rotatable bonds is 4. The van der Waals surface area contributed by atoms with Crippen LogP contribution in [0, 0.1) is 6.92 Å². The number of hydrogen-bond donors (Lipinski definition) is 2. The van der Waals surface area contributed by atoms with E-state index in [0.717, 1.165) is 11.3 Å². The van der Waals surface area contributed by atoms with Crippen LogP contribution in [0.4, 0.5) is 0 Å². The van der Waals surface area contributed by atoms with Crippen molar-refractivity contribution in [1.82, 2.24) is 10.4 Å². The van der Waals surface area contributed by atoms with Crippen LogP contribution < -0.4 is 16.0 Å². The quantitative estimate of drug-likeness (QED) is 0.643. The van der Waals surface area contributed by atoms with Crippen LogP contribution in [0.5, 0.6) is 5.75 Å². The van der Waals surface area contributed by atoms with Crippen molar-refractivity contribution in [3.05, 3.63) is 45.9 Å². The maximum atomic E-state index is 5.63. The van der Waals surface area contributed by atoms with E-state index in [9.17, 15) is 0 Å². The third-order valence-corrected chi connectivity index (χ3v) is 3.58. The Morgan fingerprint density at radius 1 is 1.41 bits per heavy atom. The van der Waals surface area contributed by atoms with E-state index in [-0.39, 0.29) is 6.04 Å². The number of hydrazine groups is 1. The van der Waals surface area contributed by atoms with Gasteiger partial charge in [-0.15, -0.1) is 11.3 Å². The van der Waals surface area contributed by atoms with E-state index in [0.29, 0.717) is 0 Å². The van der Waals surface area contributed by atoms with Gasteiger partial charge in [0.25, 0.3) is 0 Å². The van der Waals surface area contributed by atoms with E-state index in [1.54, 1.807) is 30.8 Å². The lowest BCUT2D eigenvalue weighted by atomic mass is 10.1. The van der Waals surface area contributed by atoms with Gasteiger partial charge in [-0.1, -0.05) is 0 Å². The average molecular weight is 249 g/mol. The van der Waals surface area contributed by atoms with Crippen molar-refractivity contribution in [2.24, 2.45) is 5.84 Å². The molecule has 0 saturated carbocycles. The molecule has 0 saturated heterocycles. The summed E-state index contributed by atoms with van der Waals surface area (Å²) in [6.45, 7) is 2.07.